The Balaban J connectivity index is 3.37. The smallest absolute Gasteiger partial charge is 0.339 e. The molecule has 0 saturated carbocycles. The largest absolute Gasteiger partial charge is 0.465 e. The Morgan fingerprint density at radius 3 is 2.79 bits per heavy atom. The van der Waals surface area contributed by atoms with Crippen molar-refractivity contribution < 1.29 is 13.9 Å². The van der Waals surface area contributed by atoms with Gasteiger partial charge in [-0.3, -0.25) is 0 Å². The number of methoxy groups -OCH3 is 1. The van der Waals surface area contributed by atoms with Crippen LogP contribution in [0, 0.1) is 17.1 Å². The van der Waals surface area contributed by atoms with Gasteiger partial charge in [-0.25, -0.2) is 9.18 Å². The molecule has 0 amide bonds. The minimum atomic E-state index is -0.759. The van der Waals surface area contributed by atoms with Gasteiger partial charge in [0.05, 0.1) is 17.7 Å². The second-order valence-corrected chi connectivity index (χ2v) is 2.77. The van der Waals surface area contributed by atoms with Gasteiger partial charge in [0.25, 0.3) is 0 Å². The number of esters is 1. The summed E-state index contributed by atoms with van der Waals surface area (Å²) < 4.78 is 17.3. The number of carbonyl (C=O) groups is 1. The molecule has 0 aromatic heterocycles. The lowest BCUT2D eigenvalue weighted by Crippen LogP contribution is -2.04. The van der Waals surface area contributed by atoms with E-state index in [9.17, 15) is 9.18 Å². The lowest BCUT2D eigenvalue weighted by atomic mass is 10.1. The molecule has 0 N–H and O–H groups in total. The van der Waals surface area contributed by atoms with Gasteiger partial charge < -0.3 is 4.74 Å². The molecule has 14 heavy (non-hydrogen) atoms. The van der Waals surface area contributed by atoms with E-state index in [1.54, 1.807) is 6.07 Å². The zero-order chi connectivity index (χ0) is 10.7. The summed E-state index contributed by atoms with van der Waals surface area (Å²) in [5, 5.41) is 8.33. The second-order valence-electron chi connectivity index (χ2n) is 2.39. The first-order valence-electron chi connectivity index (χ1n) is 3.58. The molecule has 0 radical (unpaired) electrons. The number of hydrogen-bond acceptors (Lipinski definition) is 3. The van der Waals surface area contributed by atoms with Crippen LogP contribution in [0.4, 0.5) is 4.39 Å². The molecule has 0 bridgehead atoms. The maximum atomic E-state index is 12.9. The zero-order valence-electron chi connectivity index (χ0n) is 7.17. The van der Waals surface area contributed by atoms with E-state index in [4.69, 9.17) is 16.9 Å². The fraction of sp³-hybridized carbons (Fsp3) is 0.111. The Hall–Kier alpha value is -1.60. The normalized spacial score (nSPS) is 9.29. The topological polar surface area (TPSA) is 50.1 Å². The Labute approximate surface area is 84.7 Å². The van der Waals surface area contributed by atoms with Crippen molar-refractivity contribution in [3.63, 3.8) is 0 Å². The Morgan fingerprint density at radius 2 is 2.29 bits per heavy atom. The van der Waals surface area contributed by atoms with Gasteiger partial charge in [-0.1, -0.05) is 11.6 Å². The molecule has 0 heterocycles. The predicted molar refractivity (Wildman–Crippen MR) is 47.5 cm³/mol. The number of ether oxygens (including phenoxy) is 1. The molecule has 5 heteroatoms. The molecule has 0 saturated heterocycles. The highest BCUT2D eigenvalue weighted by Crippen LogP contribution is 2.23. The van der Waals surface area contributed by atoms with Crippen LogP contribution in [0.1, 0.15) is 15.9 Å². The van der Waals surface area contributed by atoms with Gasteiger partial charge in [-0.2, -0.15) is 5.26 Å². The molecule has 0 aliphatic heterocycles. The van der Waals surface area contributed by atoms with Gasteiger partial charge in [-0.15, -0.1) is 0 Å². The lowest BCUT2D eigenvalue weighted by Gasteiger charge is -2.03. The highest BCUT2D eigenvalue weighted by molar-refractivity contribution is 6.34. The fourth-order valence-corrected chi connectivity index (χ4v) is 1.20. The third kappa shape index (κ3) is 1.68. The number of rotatable bonds is 1. The van der Waals surface area contributed by atoms with Gasteiger partial charge in [0.2, 0.25) is 0 Å². The minimum absolute atomic E-state index is 0.0212. The first kappa shape index (κ1) is 10.5. The second kappa shape index (κ2) is 4.07. The zero-order valence-corrected chi connectivity index (χ0v) is 7.93. The molecule has 72 valence electrons. The molecule has 0 spiro atoms. The number of benzene rings is 1. The molecule has 1 aromatic rings. The van der Waals surface area contributed by atoms with E-state index in [-0.39, 0.29) is 16.1 Å². The van der Waals surface area contributed by atoms with Crippen molar-refractivity contribution in [2.75, 3.05) is 7.11 Å². The van der Waals surface area contributed by atoms with E-state index in [2.05, 4.69) is 4.74 Å². The van der Waals surface area contributed by atoms with Gasteiger partial charge in [-0.05, 0) is 12.1 Å². The predicted octanol–water partition coefficient (Wildman–Crippen LogP) is 2.14. The van der Waals surface area contributed by atoms with Crippen LogP contribution in [0.3, 0.4) is 0 Å². The van der Waals surface area contributed by atoms with Crippen molar-refractivity contribution in [1.29, 1.82) is 5.26 Å². The Bertz CT molecular complexity index is 426. The summed E-state index contributed by atoms with van der Waals surface area (Å²) in [4.78, 5) is 11.1. The third-order valence-corrected chi connectivity index (χ3v) is 2.00. The maximum Gasteiger partial charge on any atom is 0.339 e. The van der Waals surface area contributed by atoms with Crippen molar-refractivity contribution in [3.8, 4) is 6.07 Å². The van der Waals surface area contributed by atoms with E-state index in [1.807, 2.05) is 0 Å². The highest BCUT2D eigenvalue weighted by atomic mass is 35.5. The van der Waals surface area contributed by atoms with Crippen LogP contribution in [0.2, 0.25) is 5.02 Å². The molecular formula is C9H5ClFNO2. The van der Waals surface area contributed by atoms with Gasteiger partial charge in [0.15, 0.2) is 0 Å². The minimum Gasteiger partial charge on any atom is -0.465 e. The summed E-state index contributed by atoms with van der Waals surface area (Å²) in [5.41, 5.74) is -0.373. The SMILES string of the molecule is COC(=O)c1ccc(F)c(C#N)c1Cl. The summed E-state index contributed by atoms with van der Waals surface area (Å²) in [6, 6.07) is 3.74. The summed E-state index contributed by atoms with van der Waals surface area (Å²) in [7, 11) is 1.17. The standard InChI is InChI=1S/C9H5ClFNO2/c1-14-9(13)5-2-3-7(11)6(4-12)8(5)10/h2-3H,1H3. The Morgan fingerprint density at radius 1 is 1.64 bits per heavy atom. The fourth-order valence-electron chi connectivity index (χ4n) is 0.923. The van der Waals surface area contributed by atoms with Crippen LogP contribution in [0.15, 0.2) is 12.1 Å². The van der Waals surface area contributed by atoms with E-state index < -0.39 is 11.8 Å². The molecule has 0 unspecified atom stereocenters. The molecule has 0 aliphatic carbocycles. The van der Waals surface area contributed by atoms with E-state index in [1.165, 1.54) is 13.2 Å². The van der Waals surface area contributed by atoms with Crippen LogP contribution < -0.4 is 0 Å². The lowest BCUT2D eigenvalue weighted by molar-refractivity contribution is 0.0601. The quantitative estimate of drug-likeness (QED) is 0.672. The molecule has 3 nitrogen and oxygen atoms in total. The summed E-state index contributed by atoms with van der Waals surface area (Å²) in [6.45, 7) is 0. The van der Waals surface area contributed by atoms with Crippen molar-refractivity contribution in [3.05, 3.63) is 34.1 Å². The van der Waals surface area contributed by atoms with Gasteiger partial charge in [0, 0.05) is 0 Å². The number of nitriles is 1. The van der Waals surface area contributed by atoms with E-state index >= 15 is 0 Å². The third-order valence-electron chi connectivity index (χ3n) is 1.61. The molecular weight excluding hydrogens is 209 g/mol. The number of halogens is 2. The van der Waals surface area contributed by atoms with Crippen LogP contribution in [-0.4, -0.2) is 13.1 Å². The summed E-state index contributed by atoms with van der Waals surface area (Å²) >= 11 is 5.62. The van der Waals surface area contributed by atoms with Crippen LogP contribution in [0.25, 0.3) is 0 Å². The molecule has 0 aliphatic rings. The first-order chi connectivity index (χ1) is 6.61. The van der Waals surface area contributed by atoms with E-state index in [0.29, 0.717) is 0 Å². The number of hydrogen-bond donors (Lipinski definition) is 0. The monoisotopic (exact) mass is 213 g/mol. The first-order valence-corrected chi connectivity index (χ1v) is 3.96. The summed E-state index contributed by atoms with van der Waals surface area (Å²) in [6.07, 6.45) is 0. The molecule has 0 atom stereocenters. The molecule has 1 aromatic carbocycles. The maximum absolute atomic E-state index is 12.9. The van der Waals surface area contributed by atoms with Crippen molar-refractivity contribution in [2.24, 2.45) is 0 Å². The van der Waals surface area contributed by atoms with Crippen molar-refractivity contribution in [2.45, 2.75) is 0 Å². The highest BCUT2D eigenvalue weighted by Gasteiger charge is 2.16. The van der Waals surface area contributed by atoms with E-state index in [0.717, 1.165) is 6.07 Å². The van der Waals surface area contributed by atoms with Gasteiger partial charge >= 0.3 is 5.97 Å². The number of carbonyl (C=O) groups excluding carboxylic acids is 1. The number of nitrogens with zero attached hydrogens (tertiary/aromatic N) is 1. The average molecular weight is 214 g/mol. The molecule has 1 rings (SSSR count). The van der Waals surface area contributed by atoms with Gasteiger partial charge in [0.1, 0.15) is 17.4 Å². The van der Waals surface area contributed by atoms with Crippen molar-refractivity contribution >= 4 is 17.6 Å². The van der Waals surface area contributed by atoms with Crippen molar-refractivity contribution in [1.82, 2.24) is 0 Å². The Kier molecular flexibility index (Phi) is 3.05. The molecule has 0 fully saturated rings. The summed E-state index contributed by atoms with van der Waals surface area (Å²) in [5.74, 6) is -1.46. The van der Waals surface area contributed by atoms with Crippen LogP contribution in [-0.2, 0) is 4.74 Å². The average Bonchev–Trinajstić information content (AvgIpc) is 2.18. The van der Waals surface area contributed by atoms with Crippen LogP contribution >= 0.6 is 11.6 Å². The van der Waals surface area contributed by atoms with Crippen LogP contribution in [0.5, 0.6) is 0 Å².